The van der Waals surface area contributed by atoms with Gasteiger partial charge in [0.25, 0.3) is 0 Å². The standard InChI is InChI=1S/C27H36N4O2S/c1-4-31-27(21-22(2)28-31)24-15-18-30(19-16-24)20-17-26(23-11-7-5-8-12-23)29(3)34(32,33)25-13-9-6-10-14-25/h5-14,21,24,26H,4,15-20H2,1-3H3. The molecule has 0 spiro atoms. The van der Waals surface area contributed by atoms with Crippen LogP contribution in [0.5, 0.6) is 0 Å². The van der Waals surface area contributed by atoms with E-state index in [9.17, 15) is 8.42 Å². The molecule has 0 saturated carbocycles. The number of benzene rings is 2. The van der Waals surface area contributed by atoms with Crippen LogP contribution >= 0.6 is 0 Å². The van der Waals surface area contributed by atoms with Gasteiger partial charge in [-0.05, 0) is 76.5 Å². The van der Waals surface area contributed by atoms with Gasteiger partial charge in [0.2, 0.25) is 10.0 Å². The molecule has 0 bridgehead atoms. The zero-order valence-corrected chi connectivity index (χ0v) is 21.3. The highest BCUT2D eigenvalue weighted by atomic mass is 32.2. The Kier molecular flexibility index (Phi) is 7.86. The van der Waals surface area contributed by atoms with Crippen LogP contribution < -0.4 is 0 Å². The predicted octanol–water partition coefficient (Wildman–Crippen LogP) is 4.84. The smallest absolute Gasteiger partial charge is 0.243 e. The van der Waals surface area contributed by atoms with Gasteiger partial charge in [0.1, 0.15) is 0 Å². The van der Waals surface area contributed by atoms with Crippen molar-refractivity contribution in [1.82, 2.24) is 19.0 Å². The normalized spacial score (nSPS) is 16.7. The molecule has 1 atom stereocenters. The highest BCUT2D eigenvalue weighted by molar-refractivity contribution is 7.89. The summed E-state index contributed by atoms with van der Waals surface area (Å²) < 4.78 is 30.4. The number of rotatable bonds is 9. The average Bonchev–Trinajstić information content (AvgIpc) is 3.26. The van der Waals surface area contributed by atoms with Gasteiger partial charge in [-0.2, -0.15) is 9.40 Å². The van der Waals surface area contributed by atoms with Crippen LogP contribution in [-0.2, 0) is 16.6 Å². The van der Waals surface area contributed by atoms with E-state index < -0.39 is 10.0 Å². The van der Waals surface area contributed by atoms with Crippen molar-refractivity contribution in [1.29, 1.82) is 0 Å². The lowest BCUT2D eigenvalue weighted by atomic mass is 9.92. The van der Waals surface area contributed by atoms with Crippen LogP contribution in [0.15, 0.2) is 71.6 Å². The molecule has 1 fully saturated rings. The van der Waals surface area contributed by atoms with Gasteiger partial charge in [-0.25, -0.2) is 8.42 Å². The largest absolute Gasteiger partial charge is 0.303 e. The summed E-state index contributed by atoms with van der Waals surface area (Å²) in [4.78, 5) is 2.82. The predicted molar refractivity (Wildman–Crippen MR) is 136 cm³/mol. The quantitative estimate of drug-likeness (QED) is 0.440. The van der Waals surface area contributed by atoms with Crippen molar-refractivity contribution in [2.75, 3.05) is 26.7 Å². The van der Waals surface area contributed by atoms with Crippen molar-refractivity contribution in [3.8, 4) is 0 Å². The van der Waals surface area contributed by atoms with Crippen LogP contribution in [0, 0.1) is 6.92 Å². The first-order chi connectivity index (χ1) is 16.4. The van der Waals surface area contributed by atoms with Gasteiger partial charge in [-0.3, -0.25) is 4.68 Å². The second-order valence-electron chi connectivity index (χ2n) is 9.19. The van der Waals surface area contributed by atoms with Crippen LogP contribution in [0.25, 0.3) is 0 Å². The molecular formula is C27H36N4O2S. The summed E-state index contributed by atoms with van der Waals surface area (Å²) in [7, 11) is -1.88. The lowest BCUT2D eigenvalue weighted by Crippen LogP contribution is -2.37. The molecule has 2 aromatic carbocycles. The van der Waals surface area contributed by atoms with Gasteiger partial charge in [0.15, 0.2) is 0 Å². The molecule has 0 aliphatic carbocycles. The van der Waals surface area contributed by atoms with E-state index in [1.165, 1.54) is 5.69 Å². The Morgan fingerprint density at radius 3 is 2.26 bits per heavy atom. The fourth-order valence-electron chi connectivity index (χ4n) is 5.06. The third kappa shape index (κ3) is 5.43. The molecule has 6 nitrogen and oxygen atoms in total. The maximum atomic E-state index is 13.4. The van der Waals surface area contributed by atoms with Crippen LogP contribution in [0.2, 0.25) is 0 Å². The number of likely N-dealkylation sites (tertiary alicyclic amines) is 1. The Morgan fingerprint density at radius 2 is 1.65 bits per heavy atom. The minimum Gasteiger partial charge on any atom is -0.303 e. The molecule has 0 amide bonds. The Morgan fingerprint density at radius 1 is 1.03 bits per heavy atom. The number of hydrogen-bond donors (Lipinski definition) is 0. The van der Waals surface area contributed by atoms with Gasteiger partial charge >= 0.3 is 0 Å². The van der Waals surface area contributed by atoms with E-state index in [-0.39, 0.29) is 6.04 Å². The number of aromatic nitrogens is 2. The molecule has 3 aromatic rings. The molecule has 7 heteroatoms. The molecule has 182 valence electrons. The second kappa shape index (κ2) is 10.8. The van der Waals surface area contributed by atoms with Crippen LogP contribution in [0.1, 0.15) is 55.1 Å². The summed E-state index contributed by atoms with van der Waals surface area (Å²) in [6.07, 6.45) is 2.97. The van der Waals surface area contributed by atoms with E-state index in [1.54, 1.807) is 35.6 Å². The summed E-state index contributed by atoms with van der Waals surface area (Å²) in [6, 6.07) is 20.7. The summed E-state index contributed by atoms with van der Waals surface area (Å²) in [5, 5.41) is 4.62. The molecule has 1 unspecified atom stereocenters. The van der Waals surface area contributed by atoms with Crippen molar-refractivity contribution in [2.24, 2.45) is 0 Å². The first-order valence-corrected chi connectivity index (χ1v) is 13.7. The summed E-state index contributed by atoms with van der Waals surface area (Å²) in [6.45, 7) is 8.03. The highest BCUT2D eigenvalue weighted by Gasteiger charge is 2.30. The summed E-state index contributed by atoms with van der Waals surface area (Å²) in [5.74, 6) is 0.545. The number of nitrogens with zero attached hydrogens (tertiary/aromatic N) is 4. The topological polar surface area (TPSA) is 58.4 Å². The Bertz CT molecular complexity index is 1150. The molecular weight excluding hydrogens is 444 g/mol. The Hall–Kier alpha value is -2.48. The summed E-state index contributed by atoms with van der Waals surface area (Å²) in [5.41, 5.74) is 3.48. The highest BCUT2D eigenvalue weighted by Crippen LogP contribution is 2.32. The number of aryl methyl sites for hydroxylation is 2. The van der Waals surface area contributed by atoms with Gasteiger partial charge in [0.05, 0.1) is 16.6 Å². The van der Waals surface area contributed by atoms with Crippen molar-refractivity contribution in [3.63, 3.8) is 0 Å². The van der Waals surface area contributed by atoms with Crippen molar-refractivity contribution in [3.05, 3.63) is 83.7 Å². The van der Waals surface area contributed by atoms with Crippen LogP contribution in [-0.4, -0.2) is 54.1 Å². The number of hydrogen-bond acceptors (Lipinski definition) is 4. The van der Waals surface area contributed by atoms with Crippen molar-refractivity contribution >= 4 is 10.0 Å². The lowest BCUT2D eigenvalue weighted by Gasteiger charge is -2.34. The molecule has 0 N–H and O–H groups in total. The van der Waals surface area contributed by atoms with Gasteiger partial charge in [-0.1, -0.05) is 48.5 Å². The van der Waals surface area contributed by atoms with Crippen LogP contribution in [0.4, 0.5) is 0 Å². The maximum Gasteiger partial charge on any atom is 0.243 e. The minimum absolute atomic E-state index is 0.215. The fourth-order valence-corrected chi connectivity index (χ4v) is 6.46. The van der Waals surface area contributed by atoms with Gasteiger partial charge in [0, 0.05) is 25.2 Å². The monoisotopic (exact) mass is 480 g/mol. The van der Waals surface area contributed by atoms with Crippen molar-refractivity contribution < 1.29 is 8.42 Å². The van der Waals surface area contributed by atoms with Crippen LogP contribution in [0.3, 0.4) is 0 Å². The molecule has 0 radical (unpaired) electrons. The molecule has 4 rings (SSSR count). The fraction of sp³-hybridized carbons (Fsp3) is 0.444. The maximum absolute atomic E-state index is 13.4. The Labute approximate surface area is 204 Å². The molecule has 1 aliphatic rings. The average molecular weight is 481 g/mol. The third-order valence-corrected chi connectivity index (χ3v) is 8.88. The number of sulfonamides is 1. The van der Waals surface area contributed by atoms with Gasteiger partial charge < -0.3 is 4.90 Å². The zero-order valence-electron chi connectivity index (χ0n) is 20.5. The first-order valence-electron chi connectivity index (χ1n) is 12.2. The van der Waals surface area contributed by atoms with E-state index >= 15 is 0 Å². The first kappa shape index (κ1) is 24.6. The zero-order chi connectivity index (χ0) is 24.1. The Balaban J connectivity index is 1.44. The molecule has 1 aliphatic heterocycles. The lowest BCUT2D eigenvalue weighted by molar-refractivity contribution is 0.190. The van der Waals surface area contributed by atoms with E-state index in [0.29, 0.717) is 10.8 Å². The van der Waals surface area contributed by atoms with E-state index in [2.05, 4.69) is 34.6 Å². The SMILES string of the molecule is CCn1nc(C)cc1C1CCN(CCC(c2ccccc2)N(C)S(=O)(=O)c2ccccc2)CC1. The molecule has 1 saturated heterocycles. The molecule has 1 aromatic heterocycles. The minimum atomic E-state index is -3.58. The van der Waals surface area contributed by atoms with E-state index in [1.807, 2.05) is 36.4 Å². The third-order valence-electron chi connectivity index (χ3n) is 7.00. The van der Waals surface area contributed by atoms with E-state index in [0.717, 1.165) is 56.7 Å². The molecule has 34 heavy (non-hydrogen) atoms. The second-order valence-corrected chi connectivity index (χ2v) is 11.2. The van der Waals surface area contributed by atoms with Crippen molar-refractivity contribution in [2.45, 2.75) is 56.5 Å². The molecule has 2 heterocycles. The van der Waals surface area contributed by atoms with Gasteiger partial charge in [-0.15, -0.1) is 0 Å². The van der Waals surface area contributed by atoms with E-state index in [4.69, 9.17) is 0 Å². The number of piperidine rings is 1. The summed E-state index contributed by atoms with van der Waals surface area (Å²) >= 11 is 0.